The number of hydrogen-bond acceptors (Lipinski definition) is 3. The Kier molecular flexibility index (Phi) is 10.1. The second kappa shape index (κ2) is 13.1. The van der Waals surface area contributed by atoms with Crippen LogP contribution in [0, 0.1) is 0 Å². The number of hydrogen-bond donors (Lipinski definition) is 0. The molecule has 0 unspecified atom stereocenters. The summed E-state index contributed by atoms with van der Waals surface area (Å²) in [6.45, 7) is 5.14. The van der Waals surface area contributed by atoms with E-state index in [1.165, 1.54) is 64.6 Å². The Morgan fingerprint density at radius 2 is 1.37 bits per heavy atom. The summed E-state index contributed by atoms with van der Waals surface area (Å²) in [6, 6.07) is 13.3. The Balaban J connectivity index is 1.23. The summed E-state index contributed by atoms with van der Waals surface area (Å²) in [6.07, 6.45) is 10.5. The van der Waals surface area contributed by atoms with Crippen molar-refractivity contribution in [3.8, 4) is 11.5 Å². The molecule has 2 aromatic carbocycles. The number of rotatable bonds is 12. The van der Waals surface area contributed by atoms with Crippen LogP contribution in [0.15, 0.2) is 42.5 Å². The van der Waals surface area contributed by atoms with Gasteiger partial charge in [0, 0.05) is 0 Å². The monoisotopic (exact) mass is 449 g/mol. The fourth-order valence-electron chi connectivity index (χ4n) is 3.77. The number of halogens is 2. The van der Waals surface area contributed by atoms with Crippen molar-refractivity contribution in [2.45, 2.75) is 58.0 Å². The number of piperidine rings is 1. The molecule has 1 heterocycles. The molecule has 0 N–H and O–H groups in total. The van der Waals surface area contributed by atoms with Crippen LogP contribution >= 0.6 is 23.2 Å². The van der Waals surface area contributed by atoms with Crippen molar-refractivity contribution >= 4 is 23.2 Å². The summed E-state index contributed by atoms with van der Waals surface area (Å²) in [7, 11) is 0. The van der Waals surface area contributed by atoms with Gasteiger partial charge in [0.25, 0.3) is 0 Å². The van der Waals surface area contributed by atoms with Crippen LogP contribution in [0.5, 0.6) is 11.5 Å². The van der Waals surface area contributed by atoms with Crippen LogP contribution in [0.2, 0.25) is 10.0 Å². The average Bonchev–Trinajstić information content (AvgIpc) is 2.78. The van der Waals surface area contributed by atoms with Crippen LogP contribution in [0.1, 0.15) is 56.9 Å². The zero-order chi connectivity index (χ0) is 21.0. The van der Waals surface area contributed by atoms with Gasteiger partial charge in [-0.05, 0) is 87.3 Å². The number of unbranched alkanes of at least 4 members (excludes halogenated alkanes) is 4. The molecule has 3 rings (SSSR count). The lowest BCUT2D eigenvalue weighted by Gasteiger charge is -2.26. The summed E-state index contributed by atoms with van der Waals surface area (Å²) in [5, 5.41) is 1.10. The van der Waals surface area contributed by atoms with Gasteiger partial charge >= 0.3 is 0 Å². The van der Waals surface area contributed by atoms with E-state index < -0.39 is 0 Å². The van der Waals surface area contributed by atoms with Gasteiger partial charge < -0.3 is 14.4 Å². The molecule has 5 heteroatoms. The van der Waals surface area contributed by atoms with E-state index >= 15 is 0 Å². The van der Waals surface area contributed by atoms with Crippen molar-refractivity contribution in [2.24, 2.45) is 0 Å². The summed E-state index contributed by atoms with van der Waals surface area (Å²) < 4.78 is 11.7. The van der Waals surface area contributed by atoms with Gasteiger partial charge in [0.15, 0.2) is 0 Å². The molecule has 164 valence electrons. The molecular formula is C25H33Cl2NO2. The van der Waals surface area contributed by atoms with Crippen molar-refractivity contribution < 1.29 is 9.47 Å². The second-order valence-electron chi connectivity index (χ2n) is 8.03. The maximum Gasteiger partial charge on any atom is 0.120 e. The molecule has 3 nitrogen and oxygen atoms in total. The maximum atomic E-state index is 6.04. The van der Waals surface area contributed by atoms with Gasteiger partial charge in [-0.3, -0.25) is 0 Å². The van der Waals surface area contributed by atoms with Gasteiger partial charge in [0.1, 0.15) is 18.1 Å². The van der Waals surface area contributed by atoms with Crippen LogP contribution in [-0.2, 0) is 6.61 Å². The largest absolute Gasteiger partial charge is 0.494 e. The minimum atomic E-state index is 0.453. The Labute approximate surface area is 191 Å². The molecule has 1 aliphatic rings. The molecule has 0 atom stereocenters. The quantitative estimate of drug-likeness (QED) is 0.315. The average molecular weight is 450 g/mol. The smallest absolute Gasteiger partial charge is 0.120 e. The first-order valence-electron chi connectivity index (χ1n) is 11.2. The zero-order valence-electron chi connectivity index (χ0n) is 17.8. The van der Waals surface area contributed by atoms with Crippen LogP contribution in [0.4, 0.5) is 0 Å². The number of nitrogens with zero attached hydrogens (tertiary/aromatic N) is 1. The summed E-state index contributed by atoms with van der Waals surface area (Å²) in [4.78, 5) is 2.63. The van der Waals surface area contributed by atoms with Crippen LogP contribution in [-0.4, -0.2) is 31.1 Å². The van der Waals surface area contributed by atoms with E-state index in [4.69, 9.17) is 32.7 Å². The fourth-order valence-corrected chi connectivity index (χ4v) is 4.09. The van der Waals surface area contributed by atoms with Gasteiger partial charge in [0.05, 0.1) is 16.7 Å². The van der Waals surface area contributed by atoms with Gasteiger partial charge in [0.2, 0.25) is 0 Å². The Morgan fingerprint density at radius 3 is 2.10 bits per heavy atom. The Bertz CT molecular complexity index is 745. The van der Waals surface area contributed by atoms with Crippen molar-refractivity contribution in [1.29, 1.82) is 0 Å². The van der Waals surface area contributed by atoms with E-state index in [1.54, 1.807) is 6.07 Å². The lowest BCUT2D eigenvalue weighted by Crippen LogP contribution is -2.30. The number of benzene rings is 2. The van der Waals surface area contributed by atoms with Gasteiger partial charge in [-0.25, -0.2) is 0 Å². The van der Waals surface area contributed by atoms with E-state index in [9.17, 15) is 0 Å². The highest BCUT2D eigenvalue weighted by molar-refractivity contribution is 6.42. The highest BCUT2D eigenvalue weighted by atomic mass is 35.5. The maximum absolute atomic E-state index is 6.04. The fraction of sp³-hybridized carbons (Fsp3) is 0.520. The molecule has 1 saturated heterocycles. The summed E-state index contributed by atoms with van der Waals surface area (Å²) >= 11 is 12.0. The van der Waals surface area contributed by atoms with E-state index in [1.807, 2.05) is 36.4 Å². The van der Waals surface area contributed by atoms with Gasteiger partial charge in [-0.1, -0.05) is 55.0 Å². The molecule has 0 bridgehead atoms. The molecule has 0 aliphatic carbocycles. The Hall–Kier alpha value is -1.42. The summed E-state index contributed by atoms with van der Waals surface area (Å²) in [5.74, 6) is 1.70. The third kappa shape index (κ3) is 8.37. The summed E-state index contributed by atoms with van der Waals surface area (Å²) in [5.41, 5.74) is 0.987. The molecule has 0 spiro atoms. The topological polar surface area (TPSA) is 21.7 Å². The third-order valence-corrected chi connectivity index (χ3v) is 6.29. The molecular weight excluding hydrogens is 417 g/mol. The first-order chi connectivity index (χ1) is 14.7. The van der Waals surface area contributed by atoms with Crippen molar-refractivity contribution in [2.75, 3.05) is 26.2 Å². The standard InChI is InChI=1S/C25H33Cl2NO2/c26-24-14-9-21(19-25(24)27)20-30-23-12-10-22(11-13-23)29-18-8-3-1-2-5-15-28-16-6-4-7-17-28/h9-14,19H,1-8,15-18,20H2. The first-order valence-corrected chi connectivity index (χ1v) is 12.0. The number of likely N-dealkylation sites (tertiary alicyclic amines) is 1. The van der Waals surface area contributed by atoms with E-state index in [0.29, 0.717) is 16.7 Å². The molecule has 0 radical (unpaired) electrons. The second-order valence-corrected chi connectivity index (χ2v) is 8.84. The normalized spacial score (nSPS) is 14.6. The van der Waals surface area contributed by atoms with Crippen LogP contribution < -0.4 is 9.47 Å². The first kappa shape index (κ1) is 23.2. The molecule has 0 aromatic heterocycles. The highest BCUT2D eigenvalue weighted by Crippen LogP contribution is 2.24. The van der Waals surface area contributed by atoms with Crippen molar-refractivity contribution in [3.05, 3.63) is 58.1 Å². The molecule has 1 aliphatic heterocycles. The molecule has 30 heavy (non-hydrogen) atoms. The number of ether oxygens (including phenoxy) is 2. The van der Waals surface area contributed by atoms with Crippen LogP contribution in [0.3, 0.4) is 0 Å². The third-order valence-electron chi connectivity index (χ3n) is 5.55. The minimum absolute atomic E-state index is 0.453. The molecule has 1 fully saturated rings. The van der Waals surface area contributed by atoms with E-state index in [0.717, 1.165) is 30.1 Å². The van der Waals surface area contributed by atoms with Crippen molar-refractivity contribution in [1.82, 2.24) is 4.90 Å². The lowest BCUT2D eigenvalue weighted by atomic mass is 10.1. The van der Waals surface area contributed by atoms with Gasteiger partial charge in [-0.15, -0.1) is 0 Å². The molecule has 0 saturated carbocycles. The predicted octanol–water partition coefficient (Wildman–Crippen LogP) is 7.39. The van der Waals surface area contributed by atoms with E-state index in [-0.39, 0.29) is 0 Å². The predicted molar refractivity (Wildman–Crippen MR) is 126 cm³/mol. The van der Waals surface area contributed by atoms with Crippen molar-refractivity contribution in [3.63, 3.8) is 0 Å². The van der Waals surface area contributed by atoms with Crippen LogP contribution in [0.25, 0.3) is 0 Å². The zero-order valence-corrected chi connectivity index (χ0v) is 19.3. The van der Waals surface area contributed by atoms with Gasteiger partial charge in [-0.2, -0.15) is 0 Å². The SMILES string of the molecule is Clc1ccc(COc2ccc(OCCCCCCCN3CCCCC3)cc2)cc1Cl. The molecule has 2 aromatic rings. The highest BCUT2D eigenvalue weighted by Gasteiger charge is 2.08. The lowest BCUT2D eigenvalue weighted by molar-refractivity contribution is 0.223. The van der Waals surface area contributed by atoms with E-state index in [2.05, 4.69) is 4.90 Å². The minimum Gasteiger partial charge on any atom is -0.494 e. The molecule has 0 amide bonds. The Morgan fingerprint density at radius 1 is 0.700 bits per heavy atom.